The van der Waals surface area contributed by atoms with E-state index < -0.39 is 0 Å². The molecule has 2 aromatic carbocycles. The highest BCUT2D eigenvalue weighted by Crippen LogP contribution is 2.33. The second-order valence-electron chi connectivity index (χ2n) is 7.19. The third-order valence-corrected chi connectivity index (χ3v) is 5.56. The van der Waals surface area contributed by atoms with E-state index >= 15 is 0 Å². The van der Waals surface area contributed by atoms with E-state index in [0.29, 0.717) is 32.6 Å². The van der Waals surface area contributed by atoms with Crippen molar-refractivity contribution in [2.24, 2.45) is 0 Å². The minimum Gasteiger partial charge on any atom is -0.454 e. The molecule has 0 saturated carbocycles. The summed E-state index contributed by atoms with van der Waals surface area (Å²) in [6.07, 6.45) is 1.42. The molecule has 1 atom stereocenters. The molecule has 1 N–H and O–H groups in total. The maximum absolute atomic E-state index is 12.0. The fourth-order valence-corrected chi connectivity index (χ4v) is 4.14. The number of benzene rings is 2. The van der Waals surface area contributed by atoms with Crippen molar-refractivity contribution in [3.05, 3.63) is 59.8 Å². The molecule has 0 aliphatic carbocycles. The first kappa shape index (κ1) is 20.0. The number of piperidine rings is 1. The van der Waals surface area contributed by atoms with Gasteiger partial charge < -0.3 is 19.4 Å². The number of hydrogen-bond donors (Lipinski definition) is 1. The first-order valence-corrected chi connectivity index (χ1v) is 10.5. The summed E-state index contributed by atoms with van der Waals surface area (Å²) in [6, 6.07) is 15.5. The Hall–Kier alpha value is -3.28. The molecule has 3 aromatic rings. The molecular weight excluding hydrogens is 380 g/mol. The lowest BCUT2D eigenvalue weighted by atomic mass is 9.89. The Morgan fingerprint density at radius 1 is 0.933 bits per heavy atom. The summed E-state index contributed by atoms with van der Waals surface area (Å²) in [7, 11) is 0. The number of nitrogens with one attached hydrogen (secondary N) is 1. The molecular formula is C24H26N2O4. The van der Waals surface area contributed by atoms with E-state index in [1.54, 1.807) is 4.90 Å². The van der Waals surface area contributed by atoms with Crippen LogP contribution in [0.15, 0.2) is 48.5 Å². The summed E-state index contributed by atoms with van der Waals surface area (Å²) < 4.78 is 10.2. The van der Waals surface area contributed by atoms with E-state index in [1.165, 1.54) is 10.9 Å². The molecule has 1 amide bonds. The van der Waals surface area contributed by atoms with Crippen molar-refractivity contribution >= 4 is 22.6 Å². The molecule has 6 nitrogen and oxygen atoms in total. The zero-order valence-corrected chi connectivity index (χ0v) is 17.3. The summed E-state index contributed by atoms with van der Waals surface area (Å²) in [5.41, 5.74) is 3.38. The van der Waals surface area contributed by atoms with Crippen molar-refractivity contribution < 1.29 is 19.1 Å². The zero-order valence-electron chi connectivity index (χ0n) is 17.3. The van der Waals surface area contributed by atoms with Crippen LogP contribution in [0.4, 0.5) is 0 Å². The van der Waals surface area contributed by atoms with Crippen molar-refractivity contribution in [2.75, 3.05) is 6.79 Å². The molecule has 3 aliphatic rings. The summed E-state index contributed by atoms with van der Waals surface area (Å²) in [5.74, 6) is 2.00. The highest BCUT2D eigenvalue weighted by Gasteiger charge is 2.39. The minimum absolute atomic E-state index is 0.105. The minimum atomic E-state index is -0.243. The van der Waals surface area contributed by atoms with E-state index in [4.69, 9.17) is 9.47 Å². The predicted octanol–water partition coefficient (Wildman–Crippen LogP) is 4.23. The number of carbonyl (C=O) groups excluding carboxylic acids is 2. The zero-order chi connectivity index (χ0) is 21.1. The van der Waals surface area contributed by atoms with Gasteiger partial charge in [0, 0.05) is 35.9 Å². The van der Waals surface area contributed by atoms with Crippen molar-refractivity contribution in [1.29, 1.82) is 0 Å². The molecule has 156 valence electrons. The van der Waals surface area contributed by atoms with Crippen molar-refractivity contribution in [1.82, 2.24) is 9.88 Å². The number of aromatic nitrogens is 1. The number of aromatic amines is 1. The lowest BCUT2D eigenvalue weighted by Gasteiger charge is -2.37. The summed E-state index contributed by atoms with van der Waals surface area (Å²) in [4.78, 5) is 29.1. The van der Waals surface area contributed by atoms with Crippen LogP contribution in [0.25, 0.3) is 10.9 Å². The number of rotatable bonds is 0. The highest BCUT2D eigenvalue weighted by atomic mass is 16.7. The van der Waals surface area contributed by atoms with Crippen LogP contribution in [0.3, 0.4) is 0 Å². The van der Waals surface area contributed by atoms with Gasteiger partial charge in [0.25, 0.3) is 0 Å². The number of hydrogen-bond acceptors (Lipinski definition) is 4. The molecule has 1 unspecified atom stereocenters. The third-order valence-electron chi connectivity index (χ3n) is 5.56. The van der Waals surface area contributed by atoms with E-state index in [9.17, 15) is 9.59 Å². The van der Waals surface area contributed by atoms with Crippen LogP contribution in [0, 0.1) is 0 Å². The first-order chi connectivity index (χ1) is 14.7. The van der Waals surface area contributed by atoms with E-state index in [1.807, 2.05) is 56.3 Å². The first-order valence-electron chi connectivity index (χ1n) is 10.5. The number of ketones is 1. The Labute approximate surface area is 175 Å². The Kier molecular flexibility index (Phi) is 5.74. The SMILES string of the molecule is CC.O=C1CCC(=O)N2Cc3[nH]c4ccccc4c3CC12.c1ccc2c(c1)OCO2. The van der Waals surface area contributed by atoms with Gasteiger partial charge in [0.15, 0.2) is 17.3 Å². The molecule has 1 aromatic heterocycles. The van der Waals surface area contributed by atoms with Crippen LogP contribution < -0.4 is 9.47 Å². The summed E-state index contributed by atoms with van der Waals surface area (Å²) in [6.45, 7) is 4.90. The van der Waals surface area contributed by atoms with Gasteiger partial charge in [-0.1, -0.05) is 44.2 Å². The molecule has 6 heteroatoms. The highest BCUT2D eigenvalue weighted by molar-refractivity contribution is 5.97. The second-order valence-corrected chi connectivity index (χ2v) is 7.19. The van der Waals surface area contributed by atoms with Crippen molar-refractivity contribution in [3.8, 4) is 11.5 Å². The number of carbonyl (C=O) groups is 2. The molecule has 0 radical (unpaired) electrons. The monoisotopic (exact) mass is 406 g/mol. The van der Waals surface area contributed by atoms with Gasteiger partial charge in [-0.05, 0) is 23.8 Å². The number of nitrogens with zero attached hydrogens (tertiary/aromatic N) is 1. The fraction of sp³-hybridized carbons (Fsp3) is 0.333. The maximum Gasteiger partial charge on any atom is 0.231 e. The van der Waals surface area contributed by atoms with E-state index in [0.717, 1.165) is 22.7 Å². The van der Waals surface area contributed by atoms with Crippen molar-refractivity contribution in [3.63, 3.8) is 0 Å². The standard InChI is InChI=1S/C15H14N2O2.C7H6O2.C2H6/c18-14-5-6-15(19)17-8-12-10(7-13(14)17)9-3-1-2-4-11(9)16-12;1-2-4-7-6(3-1)8-5-9-7;1-2/h1-4,13,16H,5-8H2;1-4H,5H2;1-2H3. The van der Waals surface area contributed by atoms with Gasteiger partial charge in [-0.3, -0.25) is 9.59 Å². The number of Topliss-reactive ketones (excluding diaryl/α,β-unsaturated/α-hetero) is 1. The average molecular weight is 406 g/mol. The van der Waals surface area contributed by atoms with Gasteiger partial charge in [-0.25, -0.2) is 0 Å². The molecule has 0 bridgehead atoms. The van der Waals surface area contributed by atoms with E-state index in [2.05, 4.69) is 11.1 Å². The van der Waals surface area contributed by atoms with Gasteiger partial charge >= 0.3 is 0 Å². The van der Waals surface area contributed by atoms with Gasteiger partial charge in [0.1, 0.15) is 0 Å². The number of H-pyrrole nitrogens is 1. The lowest BCUT2D eigenvalue weighted by Crippen LogP contribution is -2.51. The van der Waals surface area contributed by atoms with Crippen molar-refractivity contribution in [2.45, 2.75) is 45.7 Å². The number of para-hydroxylation sites is 3. The normalized spacial score (nSPS) is 18.6. The smallest absolute Gasteiger partial charge is 0.231 e. The Bertz CT molecular complexity index is 1050. The largest absolute Gasteiger partial charge is 0.454 e. The fourth-order valence-electron chi connectivity index (χ4n) is 4.14. The Morgan fingerprint density at radius 3 is 2.33 bits per heavy atom. The number of amides is 1. The average Bonchev–Trinajstić information content (AvgIpc) is 3.41. The maximum atomic E-state index is 12.0. The molecule has 6 rings (SSSR count). The predicted molar refractivity (Wildman–Crippen MR) is 114 cm³/mol. The van der Waals surface area contributed by atoms with Crippen LogP contribution in [0.5, 0.6) is 11.5 Å². The topological polar surface area (TPSA) is 71.6 Å². The van der Waals surface area contributed by atoms with Crippen LogP contribution >= 0.6 is 0 Å². The lowest BCUT2D eigenvalue weighted by molar-refractivity contribution is -0.146. The van der Waals surface area contributed by atoms with Crippen LogP contribution in [-0.2, 0) is 22.6 Å². The van der Waals surface area contributed by atoms with Gasteiger partial charge in [-0.2, -0.15) is 0 Å². The summed E-state index contributed by atoms with van der Waals surface area (Å²) in [5, 5.41) is 1.18. The van der Waals surface area contributed by atoms with Gasteiger partial charge in [-0.15, -0.1) is 0 Å². The Morgan fingerprint density at radius 2 is 1.60 bits per heavy atom. The number of ether oxygens (including phenoxy) is 2. The molecule has 30 heavy (non-hydrogen) atoms. The second kappa shape index (κ2) is 8.61. The van der Waals surface area contributed by atoms with Crippen LogP contribution in [-0.4, -0.2) is 34.4 Å². The molecule has 3 aliphatic heterocycles. The quantitative estimate of drug-likeness (QED) is 0.607. The van der Waals surface area contributed by atoms with Crippen LogP contribution in [0.1, 0.15) is 37.9 Å². The number of fused-ring (bicyclic) bond motifs is 5. The molecule has 1 saturated heterocycles. The Balaban J connectivity index is 0.000000166. The van der Waals surface area contributed by atoms with Gasteiger partial charge in [0.2, 0.25) is 12.7 Å². The van der Waals surface area contributed by atoms with E-state index in [-0.39, 0.29) is 17.7 Å². The van der Waals surface area contributed by atoms with Gasteiger partial charge in [0.05, 0.1) is 12.6 Å². The molecule has 4 heterocycles. The summed E-state index contributed by atoms with van der Waals surface area (Å²) >= 11 is 0. The molecule has 0 spiro atoms. The third kappa shape index (κ3) is 3.65. The molecule has 1 fully saturated rings. The van der Waals surface area contributed by atoms with Crippen LogP contribution in [0.2, 0.25) is 0 Å².